The van der Waals surface area contributed by atoms with Gasteiger partial charge < -0.3 is 11.5 Å². The van der Waals surface area contributed by atoms with Gasteiger partial charge in [-0.05, 0) is 32.6 Å². The van der Waals surface area contributed by atoms with Crippen molar-refractivity contribution in [2.75, 3.05) is 0 Å². The van der Waals surface area contributed by atoms with Gasteiger partial charge in [-0.2, -0.15) is 0 Å². The van der Waals surface area contributed by atoms with Crippen molar-refractivity contribution in [3.63, 3.8) is 0 Å². The van der Waals surface area contributed by atoms with Crippen LogP contribution in [0.5, 0.6) is 0 Å². The summed E-state index contributed by atoms with van der Waals surface area (Å²) in [7, 11) is 0. The highest BCUT2D eigenvalue weighted by Gasteiger charge is 2.11. The average molecular weight is 211 g/mol. The molecule has 0 aromatic carbocycles. The van der Waals surface area contributed by atoms with E-state index in [0.717, 1.165) is 18.7 Å². The summed E-state index contributed by atoms with van der Waals surface area (Å²) in [5.41, 5.74) is 11.5. The number of aliphatic imine (C=N–C) groups is 1. The molecule has 1 aliphatic heterocycles. The van der Waals surface area contributed by atoms with Gasteiger partial charge in [-0.1, -0.05) is 19.3 Å². The molecule has 0 amide bonds. The van der Waals surface area contributed by atoms with Gasteiger partial charge in [0.05, 0.1) is 11.9 Å². The van der Waals surface area contributed by atoms with E-state index in [9.17, 15) is 0 Å². The summed E-state index contributed by atoms with van der Waals surface area (Å²) in [6, 6.07) is 0.827. The zero-order chi connectivity index (χ0) is 11.1. The molecule has 3 nitrogen and oxygen atoms in total. The minimum absolute atomic E-state index is 0.340. The monoisotopic (exact) mass is 211 g/mol. The van der Waals surface area contributed by atoms with E-state index in [-0.39, 0.29) is 0 Å². The lowest BCUT2D eigenvalue weighted by Crippen LogP contribution is -2.15. The molecule has 0 aromatic heterocycles. The summed E-state index contributed by atoms with van der Waals surface area (Å²) < 4.78 is 0. The maximum absolute atomic E-state index is 5.81. The molecule has 0 aliphatic carbocycles. The van der Waals surface area contributed by atoms with E-state index in [2.05, 4.69) is 11.9 Å². The van der Waals surface area contributed by atoms with E-state index in [1.165, 1.54) is 38.5 Å². The van der Waals surface area contributed by atoms with Crippen molar-refractivity contribution in [3.05, 3.63) is 0 Å². The van der Waals surface area contributed by atoms with Gasteiger partial charge in [0, 0.05) is 12.5 Å². The first-order chi connectivity index (χ1) is 7.18. The van der Waals surface area contributed by atoms with Crippen LogP contribution >= 0.6 is 0 Å². The fraction of sp³-hybridized carbons (Fsp3) is 0.917. The van der Waals surface area contributed by atoms with Crippen LogP contribution in [0.1, 0.15) is 58.3 Å². The molecule has 0 bridgehead atoms. The van der Waals surface area contributed by atoms with E-state index in [1.807, 2.05) is 0 Å². The van der Waals surface area contributed by atoms with Crippen LogP contribution in [0.3, 0.4) is 0 Å². The standard InChI is InChI=1S/C12H25N3/c1-10(13)6-2-3-7-11-8-4-5-9-12(14)15-11/h10-11H,2-9,13H2,1H3,(H2,14,15)/t10-,11-/m1/s1. The Morgan fingerprint density at radius 3 is 2.93 bits per heavy atom. The highest BCUT2D eigenvalue weighted by atomic mass is 14.9. The second kappa shape index (κ2) is 6.83. The zero-order valence-electron chi connectivity index (χ0n) is 9.91. The third-order valence-corrected chi connectivity index (χ3v) is 3.02. The summed E-state index contributed by atoms with van der Waals surface area (Å²) in [6.45, 7) is 2.07. The third-order valence-electron chi connectivity index (χ3n) is 3.02. The molecule has 0 fully saturated rings. The lowest BCUT2D eigenvalue weighted by Gasteiger charge is -2.11. The Kier molecular flexibility index (Phi) is 5.69. The van der Waals surface area contributed by atoms with Crippen LogP contribution in [-0.4, -0.2) is 17.9 Å². The van der Waals surface area contributed by atoms with Crippen molar-refractivity contribution in [1.29, 1.82) is 0 Å². The molecule has 1 heterocycles. The number of nitrogens with two attached hydrogens (primary N) is 2. The molecule has 2 atom stereocenters. The SMILES string of the molecule is C[C@@H](N)CCCC[C@@H]1CCCCC(N)=N1. The first-order valence-electron chi connectivity index (χ1n) is 6.26. The molecule has 15 heavy (non-hydrogen) atoms. The Bertz CT molecular complexity index is 199. The second-order valence-corrected chi connectivity index (χ2v) is 4.78. The number of rotatable bonds is 5. The molecular weight excluding hydrogens is 186 g/mol. The molecule has 0 saturated carbocycles. The smallest absolute Gasteiger partial charge is 0.0940 e. The predicted octanol–water partition coefficient (Wildman–Crippen LogP) is 2.19. The van der Waals surface area contributed by atoms with Crippen molar-refractivity contribution in [2.45, 2.75) is 70.4 Å². The van der Waals surface area contributed by atoms with Crippen LogP contribution in [-0.2, 0) is 0 Å². The number of hydrogen-bond donors (Lipinski definition) is 2. The molecule has 0 radical (unpaired) electrons. The van der Waals surface area contributed by atoms with Gasteiger partial charge in [0.1, 0.15) is 0 Å². The molecule has 0 spiro atoms. The topological polar surface area (TPSA) is 64.4 Å². The quantitative estimate of drug-likeness (QED) is 0.685. The van der Waals surface area contributed by atoms with E-state index in [1.54, 1.807) is 0 Å². The van der Waals surface area contributed by atoms with E-state index < -0.39 is 0 Å². The van der Waals surface area contributed by atoms with Crippen LogP contribution in [0.4, 0.5) is 0 Å². The molecule has 0 unspecified atom stereocenters. The first kappa shape index (κ1) is 12.5. The van der Waals surface area contributed by atoms with Crippen LogP contribution in [0, 0.1) is 0 Å². The van der Waals surface area contributed by atoms with Crippen molar-refractivity contribution >= 4 is 5.84 Å². The van der Waals surface area contributed by atoms with Crippen molar-refractivity contribution in [1.82, 2.24) is 0 Å². The minimum Gasteiger partial charge on any atom is -0.387 e. The zero-order valence-corrected chi connectivity index (χ0v) is 9.91. The van der Waals surface area contributed by atoms with Crippen LogP contribution in [0.15, 0.2) is 4.99 Å². The molecule has 0 saturated heterocycles. The number of amidine groups is 1. The maximum Gasteiger partial charge on any atom is 0.0940 e. The van der Waals surface area contributed by atoms with Gasteiger partial charge in [-0.3, -0.25) is 4.99 Å². The van der Waals surface area contributed by atoms with Gasteiger partial charge in [0.2, 0.25) is 0 Å². The summed E-state index contributed by atoms with van der Waals surface area (Å²) >= 11 is 0. The van der Waals surface area contributed by atoms with Gasteiger partial charge in [-0.15, -0.1) is 0 Å². The Morgan fingerprint density at radius 2 is 2.20 bits per heavy atom. The lowest BCUT2D eigenvalue weighted by molar-refractivity contribution is 0.502. The molecule has 1 rings (SSSR count). The third kappa shape index (κ3) is 5.78. The molecule has 88 valence electrons. The fourth-order valence-electron chi connectivity index (χ4n) is 2.10. The van der Waals surface area contributed by atoms with E-state index in [0.29, 0.717) is 12.1 Å². The Balaban J connectivity index is 2.16. The summed E-state index contributed by atoms with van der Waals surface area (Å²) in [6.07, 6.45) is 9.49. The van der Waals surface area contributed by atoms with Crippen molar-refractivity contribution < 1.29 is 0 Å². The molecule has 3 heteroatoms. The Hall–Kier alpha value is -0.570. The van der Waals surface area contributed by atoms with Gasteiger partial charge in [-0.25, -0.2) is 0 Å². The summed E-state index contributed by atoms with van der Waals surface area (Å²) in [4.78, 5) is 4.56. The Morgan fingerprint density at radius 1 is 1.40 bits per heavy atom. The van der Waals surface area contributed by atoms with Crippen molar-refractivity contribution in [2.24, 2.45) is 16.5 Å². The largest absolute Gasteiger partial charge is 0.387 e. The summed E-state index contributed by atoms with van der Waals surface area (Å²) in [5.74, 6) is 0.865. The van der Waals surface area contributed by atoms with Crippen LogP contribution < -0.4 is 11.5 Å². The van der Waals surface area contributed by atoms with Crippen molar-refractivity contribution in [3.8, 4) is 0 Å². The highest BCUT2D eigenvalue weighted by molar-refractivity contribution is 5.80. The van der Waals surface area contributed by atoms with Gasteiger partial charge in [0.25, 0.3) is 0 Å². The van der Waals surface area contributed by atoms with Crippen LogP contribution in [0.25, 0.3) is 0 Å². The second-order valence-electron chi connectivity index (χ2n) is 4.78. The molecule has 0 aromatic rings. The average Bonchev–Trinajstić information content (AvgIpc) is 2.37. The number of unbranched alkanes of at least 4 members (excludes halogenated alkanes) is 1. The highest BCUT2D eigenvalue weighted by Crippen LogP contribution is 2.17. The first-order valence-corrected chi connectivity index (χ1v) is 6.26. The van der Waals surface area contributed by atoms with Crippen LogP contribution in [0.2, 0.25) is 0 Å². The van der Waals surface area contributed by atoms with E-state index >= 15 is 0 Å². The summed E-state index contributed by atoms with van der Waals surface area (Å²) in [5, 5.41) is 0. The molecule has 1 aliphatic rings. The Labute approximate surface area is 93.3 Å². The predicted molar refractivity (Wildman–Crippen MR) is 66.0 cm³/mol. The maximum atomic E-state index is 5.81. The lowest BCUT2D eigenvalue weighted by atomic mass is 10.0. The minimum atomic E-state index is 0.340. The van der Waals surface area contributed by atoms with Gasteiger partial charge in [0.15, 0.2) is 0 Å². The van der Waals surface area contributed by atoms with E-state index in [4.69, 9.17) is 11.5 Å². The normalized spacial score (nSPS) is 24.4. The molecular formula is C12H25N3. The number of hydrogen-bond acceptors (Lipinski definition) is 3. The fourth-order valence-corrected chi connectivity index (χ4v) is 2.10. The molecule has 4 N–H and O–H groups in total. The van der Waals surface area contributed by atoms with Gasteiger partial charge >= 0.3 is 0 Å². The number of nitrogens with zero attached hydrogens (tertiary/aromatic N) is 1.